The van der Waals surface area contributed by atoms with E-state index in [1.807, 2.05) is 0 Å². The number of carbonyl (C=O) groups excluding carboxylic acids is 4. The van der Waals surface area contributed by atoms with Gasteiger partial charge in [-0.05, 0) is 6.07 Å². The van der Waals surface area contributed by atoms with Crippen LogP contribution in [-0.2, 0) is 25.8 Å². The quantitative estimate of drug-likeness (QED) is 0.131. The van der Waals surface area contributed by atoms with Crippen LogP contribution >= 0.6 is 34.9 Å². The Balaban J connectivity index is 1.34. The van der Waals surface area contributed by atoms with Gasteiger partial charge in [0.05, 0.1) is 11.7 Å². The van der Waals surface area contributed by atoms with Crippen LogP contribution in [0.5, 0.6) is 0 Å². The van der Waals surface area contributed by atoms with Gasteiger partial charge in [-0.1, -0.05) is 5.16 Å². The second-order valence-electron chi connectivity index (χ2n) is 8.51. The van der Waals surface area contributed by atoms with Crippen molar-refractivity contribution in [1.29, 1.82) is 0 Å². The number of nitrogens with zero attached hydrogens (tertiary/aromatic N) is 4. The molecule has 13 nitrogen and oxygen atoms in total. The number of amides is 3. The Morgan fingerprint density at radius 1 is 1.34 bits per heavy atom. The summed E-state index contributed by atoms with van der Waals surface area (Å²) in [6.45, 7) is 0.101. The lowest BCUT2D eigenvalue weighted by molar-refractivity contribution is -0.689. The number of aromatic nitrogens is 2. The maximum atomic E-state index is 13.1. The first-order valence-corrected chi connectivity index (χ1v) is 14.3. The molecule has 1 unspecified atom stereocenters. The number of hydrogen-bond acceptors (Lipinski definition) is 12. The molecule has 3 aliphatic rings. The number of thiazole rings is 1. The molecule has 16 heteroatoms. The number of β-lactam (4-membered cyclic amide) rings is 1. The second kappa shape index (κ2) is 10.6. The first-order valence-electron chi connectivity index (χ1n) is 11.2. The summed E-state index contributed by atoms with van der Waals surface area (Å²) >= 11 is 4.11. The van der Waals surface area contributed by atoms with Gasteiger partial charge in [0.25, 0.3) is 17.7 Å². The number of nitrogens with two attached hydrogens (primary N) is 2. The summed E-state index contributed by atoms with van der Waals surface area (Å²) in [5.41, 5.74) is 11.6. The molecule has 198 valence electrons. The van der Waals surface area contributed by atoms with E-state index in [1.54, 1.807) is 40.0 Å². The standard InChI is InChI=1S/C22H21N7O6S3/c23-17(30)10-2-1-3-28(4-10)5-11-6-37-20-15(19(32)29(20)16(11)21(33)34)26-18(31)14(13-9-38-22(24)25-13)27-35-12-7-36-8-12/h1-4,9,12,15,20H,5-8H2,(H5-,23,24,25,26,30,31,33,34)/t15?,20-/m0/s1. The van der Waals surface area contributed by atoms with E-state index in [4.69, 9.17) is 16.3 Å². The Morgan fingerprint density at radius 3 is 2.76 bits per heavy atom. The zero-order valence-electron chi connectivity index (χ0n) is 19.6. The number of carboxylic acids is 1. The summed E-state index contributed by atoms with van der Waals surface area (Å²) in [6, 6.07) is 2.16. The molecule has 0 aromatic carbocycles. The highest BCUT2D eigenvalue weighted by Gasteiger charge is 2.53. The molecule has 3 amide bonds. The molecule has 38 heavy (non-hydrogen) atoms. The largest absolute Gasteiger partial charge is 0.543 e. The van der Waals surface area contributed by atoms with E-state index < -0.39 is 35.1 Å². The highest BCUT2D eigenvalue weighted by Crippen LogP contribution is 2.40. The fourth-order valence-electron chi connectivity index (χ4n) is 3.99. The van der Waals surface area contributed by atoms with Gasteiger partial charge in [-0.25, -0.2) is 9.55 Å². The molecule has 0 bridgehead atoms. The zero-order chi connectivity index (χ0) is 27.0. The van der Waals surface area contributed by atoms with Crippen molar-refractivity contribution in [2.45, 2.75) is 24.1 Å². The molecular formula is C22H21N7O6S3. The molecule has 2 aromatic heterocycles. The van der Waals surface area contributed by atoms with E-state index in [0.717, 1.165) is 27.7 Å². The minimum Gasteiger partial charge on any atom is -0.543 e. The number of fused-ring (bicyclic) bond motifs is 1. The van der Waals surface area contributed by atoms with Gasteiger partial charge in [-0.15, -0.1) is 23.1 Å². The van der Waals surface area contributed by atoms with Crippen molar-refractivity contribution in [3.63, 3.8) is 0 Å². The summed E-state index contributed by atoms with van der Waals surface area (Å²) in [5.74, 6) is -1.67. The summed E-state index contributed by atoms with van der Waals surface area (Å²) in [5, 5.41) is 19.8. The molecule has 0 radical (unpaired) electrons. The molecule has 0 saturated carbocycles. The molecule has 0 spiro atoms. The van der Waals surface area contributed by atoms with Crippen molar-refractivity contribution < 1.29 is 33.7 Å². The maximum Gasteiger partial charge on any atom is 0.276 e. The van der Waals surface area contributed by atoms with Gasteiger partial charge in [0.2, 0.25) is 0 Å². The Hall–Kier alpha value is -3.63. The first kappa shape index (κ1) is 26.0. The van der Waals surface area contributed by atoms with E-state index in [9.17, 15) is 24.3 Å². The van der Waals surface area contributed by atoms with Gasteiger partial charge in [0.15, 0.2) is 29.8 Å². The van der Waals surface area contributed by atoms with Gasteiger partial charge in [-0.2, -0.15) is 11.8 Å². The Bertz CT molecular complexity index is 1390. The second-order valence-corrected chi connectivity index (χ2v) is 11.6. The number of carbonyl (C=O) groups is 4. The molecule has 3 aliphatic heterocycles. The number of oxime groups is 1. The first-order chi connectivity index (χ1) is 18.2. The van der Waals surface area contributed by atoms with Crippen molar-refractivity contribution >= 4 is 69.4 Å². The van der Waals surface area contributed by atoms with Crippen LogP contribution in [0.25, 0.3) is 0 Å². The van der Waals surface area contributed by atoms with Crippen molar-refractivity contribution in [3.05, 3.63) is 52.4 Å². The molecular weight excluding hydrogens is 554 g/mol. The lowest BCUT2D eigenvalue weighted by Crippen LogP contribution is -2.71. The lowest BCUT2D eigenvalue weighted by atomic mass is 10.0. The smallest absolute Gasteiger partial charge is 0.276 e. The summed E-state index contributed by atoms with van der Waals surface area (Å²) in [4.78, 5) is 60.4. The predicted octanol–water partition coefficient (Wildman–Crippen LogP) is -1.95. The number of nitrogens with one attached hydrogen (secondary N) is 1. The van der Waals surface area contributed by atoms with E-state index >= 15 is 0 Å². The number of rotatable bonds is 9. The van der Waals surface area contributed by atoms with Crippen molar-refractivity contribution in [2.24, 2.45) is 10.9 Å². The normalized spacial score (nSPS) is 21.3. The minimum atomic E-state index is -1.51. The van der Waals surface area contributed by atoms with Crippen molar-refractivity contribution in [3.8, 4) is 0 Å². The van der Waals surface area contributed by atoms with Gasteiger partial charge in [-0.3, -0.25) is 19.3 Å². The number of primary amides is 1. The molecule has 2 saturated heterocycles. The van der Waals surface area contributed by atoms with Crippen LogP contribution in [0.15, 0.2) is 46.3 Å². The SMILES string of the molecule is NC(=O)c1ccc[n+](CC2=C(C(=O)[O-])N3C(=O)C(NC(=O)C(=NOC4CSC4)c4csc(N)n4)[C@@H]3SC2)c1. The summed E-state index contributed by atoms with van der Waals surface area (Å²) in [6.07, 6.45) is 3.03. The third kappa shape index (κ3) is 5.06. The Labute approximate surface area is 228 Å². The summed E-state index contributed by atoms with van der Waals surface area (Å²) < 4.78 is 1.60. The maximum absolute atomic E-state index is 13.1. The number of pyridine rings is 1. The van der Waals surface area contributed by atoms with Gasteiger partial charge < -0.3 is 31.5 Å². The fourth-order valence-corrected chi connectivity index (χ4v) is 6.43. The fraction of sp³-hybridized carbons (Fsp3) is 0.318. The number of thioether (sulfide) groups is 2. The van der Waals surface area contributed by atoms with Crippen LogP contribution in [-0.4, -0.2) is 74.1 Å². The lowest BCUT2D eigenvalue weighted by Gasteiger charge is -2.50. The average molecular weight is 576 g/mol. The van der Waals surface area contributed by atoms with Gasteiger partial charge >= 0.3 is 0 Å². The zero-order valence-corrected chi connectivity index (χ0v) is 22.0. The van der Waals surface area contributed by atoms with Crippen LogP contribution in [0, 0.1) is 0 Å². The molecule has 2 fully saturated rings. The molecule has 5 heterocycles. The van der Waals surface area contributed by atoms with E-state index in [-0.39, 0.29) is 46.2 Å². The molecule has 2 aromatic rings. The van der Waals surface area contributed by atoms with Crippen LogP contribution in [0.3, 0.4) is 0 Å². The highest BCUT2D eigenvalue weighted by atomic mass is 32.2. The van der Waals surface area contributed by atoms with Crippen molar-refractivity contribution in [2.75, 3.05) is 23.0 Å². The number of aliphatic carboxylic acids is 1. The van der Waals surface area contributed by atoms with E-state index in [2.05, 4.69) is 15.5 Å². The average Bonchev–Trinajstić information content (AvgIpc) is 3.29. The molecule has 5 N–H and O–H groups in total. The predicted molar refractivity (Wildman–Crippen MR) is 137 cm³/mol. The number of anilines is 1. The van der Waals surface area contributed by atoms with Crippen molar-refractivity contribution in [1.82, 2.24) is 15.2 Å². The van der Waals surface area contributed by atoms with E-state index in [0.29, 0.717) is 5.57 Å². The highest BCUT2D eigenvalue weighted by molar-refractivity contribution is 8.00. The number of hydrogen-bond donors (Lipinski definition) is 3. The topological polar surface area (TPSA) is 197 Å². The summed E-state index contributed by atoms with van der Waals surface area (Å²) in [7, 11) is 0. The Kier molecular flexibility index (Phi) is 7.27. The molecule has 0 aliphatic carbocycles. The van der Waals surface area contributed by atoms with E-state index in [1.165, 1.54) is 18.0 Å². The third-order valence-corrected chi connectivity index (χ3v) is 9.15. The van der Waals surface area contributed by atoms with Crippen LogP contribution < -0.4 is 26.5 Å². The van der Waals surface area contributed by atoms with Gasteiger partial charge in [0.1, 0.15) is 28.8 Å². The van der Waals surface area contributed by atoms with Crippen LogP contribution in [0.2, 0.25) is 0 Å². The molecule has 2 atom stereocenters. The monoisotopic (exact) mass is 575 g/mol. The van der Waals surface area contributed by atoms with Crippen LogP contribution in [0.1, 0.15) is 16.1 Å². The molecule has 5 rings (SSSR count). The van der Waals surface area contributed by atoms with Crippen LogP contribution in [0.4, 0.5) is 5.13 Å². The number of nitrogen functional groups attached to an aromatic ring is 1. The van der Waals surface area contributed by atoms with Gasteiger partial charge in [0, 0.05) is 34.3 Å². The number of carboxylic acid groups (broad SMARTS) is 1. The minimum absolute atomic E-state index is 0.101. The Morgan fingerprint density at radius 2 is 2.13 bits per heavy atom. The third-order valence-electron chi connectivity index (χ3n) is 5.92.